The van der Waals surface area contributed by atoms with E-state index in [-0.39, 0.29) is 21.4 Å². The van der Waals surface area contributed by atoms with Crippen LogP contribution >= 0.6 is 10.7 Å². The fourth-order valence-electron chi connectivity index (χ4n) is 1.56. The van der Waals surface area contributed by atoms with Gasteiger partial charge in [0.2, 0.25) is 0 Å². The molecule has 0 amide bonds. The number of aromatic carboxylic acids is 1. The highest BCUT2D eigenvalue weighted by Crippen LogP contribution is 2.26. The van der Waals surface area contributed by atoms with Crippen molar-refractivity contribution in [2.75, 3.05) is 0 Å². The van der Waals surface area contributed by atoms with Gasteiger partial charge in [0.1, 0.15) is 0 Å². The molecule has 88 valence electrons. The highest BCUT2D eigenvalue weighted by atomic mass is 35.7. The summed E-state index contributed by atoms with van der Waals surface area (Å²) >= 11 is 0. The van der Waals surface area contributed by atoms with Crippen LogP contribution in [0.15, 0.2) is 35.4 Å². The second kappa shape index (κ2) is 3.97. The first-order valence-corrected chi connectivity index (χ1v) is 6.78. The maximum Gasteiger partial charge on any atom is 0.355 e. The highest BCUT2D eigenvalue weighted by molar-refractivity contribution is 8.14. The molecule has 17 heavy (non-hydrogen) atoms. The zero-order valence-corrected chi connectivity index (χ0v) is 9.86. The Morgan fingerprint density at radius 2 is 1.94 bits per heavy atom. The first-order valence-electron chi connectivity index (χ1n) is 4.47. The molecule has 1 aromatic carbocycles. The van der Waals surface area contributed by atoms with Crippen LogP contribution in [0.1, 0.15) is 10.5 Å². The third-order valence-electron chi connectivity index (χ3n) is 2.23. The number of fused-ring (bicyclic) bond motifs is 1. The summed E-state index contributed by atoms with van der Waals surface area (Å²) in [6.07, 6.45) is 1.23. The van der Waals surface area contributed by atoms with Crippen molar-refractivity contribution in [2.24, 2.45) is 0 Å². The second-order valence-electron chi connectivity index (χ2n) is 3.25. The average Bonchev–Trinajstić information content (AvgIpc) is 2.26. The van der Waals surface area contributed by atoms with Crippen LogP contribution in [-0.4, -0.2) is 24.5 Å². The summed E-state index contributed by atoms with van der Waals surface area (Å²) in [5, 5.41) is 9.41. The summed E-state index contributed by atoms with van der Waals surface area (Å²) in [6.45, 7) is 0. The van der Waals surface area contributed by atoms with Crippen molar-refractivity contribution in [1.29, 1.82) is 0 Å². The fourth-order valence-corrected chi connectivity index (χ4v) is 2.65. The Morgan fingerprint density at radius 3 is 2.53 bits per heavy atom. The number of benzene rings is 1. The average molecular weight is 272 g/mol. The number of halogens is 1. The third kappa shape index (κ3) is 2.09. The van der Waals surface area contributed by atoms with Crippen LogP contribution in [0, 0.1) is 0 Å². The summed E-state index contributed by atoms with van der Waals surface area (Å²) < 4.78 is 22.7. The minimum absolute atomic E-state index is 0.124. The Bertz CT molecular complexity index is 711. The van der Waals surface area contributed by atoms with Crippen LogP contribution in [0.4, 0.5) is 0 Å². The first-order chi connectivity index (χ1) is 7.91. The van der Waals surface area contributed by atoms with E-state index in [0.717, 1.165) is 0 Å². The summed E-state index contributed by atoms with van der Waals surface area (Å²) in [5.41, 5.74) is -0.204. The molecule has 7 heteroatoms. The van der Waals surface area contributed by atoms with Crippen molar-refractivity contribution in [3.63, 3.8) is 0 Å². The highest BCUT2D eigenvalue weighted by Gasteiger charge is 2.17. The number of rotatable bonds is 2. The van der Waals surface area contributed by atoms with E-state index < -0.39 is 15.0 Å². The van der Waals surface area contributed by atoms with Crippen molar-refractivity contribution < 1.29 is 18.3 Å². The molecule has 0 aliphatic carbocycles. The van der Waals surface area contributed by atoms with E-state index in [1.165, 1.54) is 30.5 Å². The van der Waals surface area contributed by atoms with Gasteiger partial charge in [0.25, 0.3) is 9.05 Å². The van der Waals surface area contributed by atoms with E-state index in [4.69, 9.17) is 15.8 Å². The Labute approximate surface area is 101 Å². The summed E-state index contributed by atoms with van der Waals surface area (Å²) in [6, 6.07) is 5.64. The van der Waals surface area contributed by atoms with Crippen molar-refractivity contribution in [3.8, 4) is 0 Å². The van der Waals surface area contributed by atoms with Gasteiger partial charge in [-0.3, -0.25) is 0 Å². The van der Waals surface area contributed by atoms with Gasteiger partial charge in [0.05, 0.1) is 4.90 Å². The molecule has 0 spiro atoms. The van der Waals surface area contributed by atoms with Crippen LogP contribution in [0.5, 0.6) is 0 Å². The largest absolute Gasteiger partial charge is 0.476 e. The molecule has 1 N–H and O–H groups in total. The van der Waals surface area contributed by atoms with Gasteiger partial charge in [0.15, 0.2) is 5.69 Å². The summed E-state index contributed by atoms with van der Waals surface area (Å²) in [4.78, 5) is 14.5. The van der Waals surface area contributed by atoms with Gasteiger partial charge in [-0.1, -0.05) is 12.1 Å². The zero-order valence-electron chi connectivity index (χ0n) is 8.29. The zero-order chi connectivity index (χ0) is 12.6. The van der Waals surface area contributed by atoms with E-state index in [1.807, 2.05) is 0 Å². The molecule has 0 fully saturated rings. The van der Waals surface area contributed by atoms with Crippen LogP contribution in [0.2, 0.25) is 0 Å². The van der Waals surface area contributed by atoms with Crippen LogP contribution in [-0.2, 0) is 9.05 Å². The van der Waals surface area contributed by atoms with Gasteiger partial charge in [-0.05, 0) is 12.1 Å². The van der Waals surface area contributed by atoms with Gasteiger partial charge in [-0.25, -0.2) is 18.2 Å². The number of nitrogens with zero attached hydrogens (tertiary/aromatic N) is 1. The van der Waals surface area contributed by atoms with Crippen LogP contribution < -0.4 is 0 Å². The predicted octanol–water partition coefficient (Wildman–Crippen LogP) is 1.86. The molecule has 0 radical (unpaired) electrons. The maximum absolute atomic E-state index is 11.3. The number of carboxylic acids is 1. The van der Waals surface area contributed by atoms with Gasteiger partial charge >= 0.3 is 5.97 Å². The van der Waals surface area contributed by atoms with E-state index >= 15 is 0 Å². The lowest BCUT2D eigenvalue weighted by atomic mass is 10.1. The molecule has 0 saturated carbocycles. The molecule has 0 atom stereocenters. The monoisotopic (exact) mass is 271 g/mol. The number of carbonyl (C=O) groups is 1. The Kier molecular flexibility index (Phi) is 2.76. The van der Waals surface area contributed by atoms with Crippen LogP contribution in [0.25, 0.3) is 10.8 Å². The lowest BCUT2D eigenvalue weighted by molar-refractivity contribution is 0.0693. The Balaban J connectivity index is 2.94. The minimum Gasteiger partial charge on any atom is -0.476 e. The first kappa shape index (κ1) is 11.8. The topological polar surface area (TPSA) is 84.3 Å². The van der Waals surface area contributed by atoms with Gasteiger partial charge in [-0.15, -0.1) is 0 Å². The Morgan fingerprint density at radius 1 is 1.24 bits per heavy atom. The normalized spacial score (nSPS) is 11.6. The molecular weight excluding hydrogens is 266 g/mol. The summed E-state index contributed by atoms with van der Waals surface area (Å²) in [7, 11) is 1.35. The molecule has 0 aliphatic rings. The van der Waals surface area contributed by atoms with E-state index in [9.17, 15) is 13.2 Å². The number of hydrogen-bond donors (Lipinski definition) is 1. The van der Waals surface area contributed by atoms with E-state index in [2.05, 4.69) is 4.98 Å². The molecule has 0 aliphatic heterocycles. The number of pyridine rings is 1. The minimum atomic E-state index is -3.92. The van der Waals surface area contributed by atoms with Crippen molar-refractivity contribution >= 4 is 36.5 Å². The second-order valence-corrected chi connectivity index (χ2v) is 5.79. The lowest BCUT2D eigenvalue weighted by Crippen LogP contribution is -2.02. The SMILES string of the molecule is O=C(O)c1nccc2c(S(=O)(=O)Cl)cccc12. The number of aromatic nitrogens is 1. The fraction of sp³-hybridized carbons (Fsp3) is 0. The standard InChI is InChI=1S/C10H6ClNO4S/c11-17(15,16)8-3-1-2-7-6(8)4-5-12-9(7)10(13)14/h1-5H,(H,13,14). The Hall–Kier alpha value is -1.66. The van der Waals surface area contributed by atoms with Crippen molar-refractivity contribution in [2.45, 2.75) is 4.90 Å². The molecular formula is C10H6ClNO4S. The van der Waals surface area contributed by atoms with Crippen molar-refractivity contribution in [1.82, 2.24) is 4.98 Å². The molecule has 2 rings (SSSR count). The molecule has 0 saturated heterocycles. The van der Waals surface area contributed by atoms with E-state index in [0.29, 0.717) is 0 Å². The van der Waals surface area contributed by atoms with Gasteiger partial charge in [0, 0.05) is 27.7 Å². The third-order valence-corrected chi connectivity index (χ3v) is 3.61. The molecule has 0 unspecified atom stereocenters. The number of hydrogen-bond acceptors (Lipinski definition) is 4. The van der Waals surface area contributed by atoms with Gasteiger partial charge < -0.3 is 5.11 Å². The predicted molar refractivity (Wildman–Crippen MR) is 61.7 cm³/mol. The quantitative estimate of drug-likeness (QED) is 0.843. The smallest absolute Gasteiger partial charge is 0.355 e. The maximum atomic E-state index is 11.3. The molecule has 0 bridgehead atoms. The molecule has 5 nitrogen and oxygen atoms in total. The van der Waals surface area contributed by atoms with Gasteiger partial charge in [-0.2, -0.15) is 0 Å². The van der Waals surface area contributed by atoms with Crippen molar-refractivity contribution in [3.05, 3.63) is 36.2 Å². The summed E-state index contributed by atoms with van der Waals surface area (Å²) in [5.74, 6) is -1.22. The number of carboxylic acid groups (broad SMARTS) is 1. The molecule has 1 heterocycles. The van der Waals surface area contributed by atoms with E-state index in [1.54, 1.807) is 0 Å². The van der Waals surface area contributed by atoms with Crippen LogP contribution in [0.3, 0.4) is 0 Å². The molecule has 2 aromatic rings. The molecule has 1 aromatic heterocycles. The lowest BCUT2D eigenvalue weighted by Gasteiger charge is -2.04.